The van der Waals surface area contributed by atoms with Crippen molar-refractivity contribution in [2.45, 2.75) is 52.2 Å². The second-order valence-electron chi connectivity index (χ2n) is 5.21. The van der Waals surface area contributed by atoms with Crippen molar-refractivity contribution >= 4 is 21.6 Å². The summed E-state index contributed by atoms with van der Waals surface area (Å²) in [4.78, 5) is 0. The summed E-state index contributed by atoms with van der Waals surface area (Å²) < 4.78 is 6.89. The van der Waals surface area contributed by atoms with Gasteiger partial charge in [-0.25, -0.2) is 0 Å². The van der Waals surface area contributed by atoms with Gasteiger partial charge in [-0.1, -0.05) is 13.0 Å². The molecule has 2 unspecified atom stereocenters. The Morgan fingerprint density at radius 3 is 2.83 bits per heavy atom. The molecule has 0 spiro atoms. The highest BCUT2D eigenvalue weighted by Crippen LogP contribution is 2.30. The van der Waals surface area contributed by atoms with Crippen LogP contribution in [0.15, 0.2) is 16.6 Å². The van der Waals surface area contributed by atoms with E-state index in [9.17, 15) is 0 Å². The first-order chi connectivity index (χ1) is 8.60. The number of hydrogen-bond donors (Lipinski definition) is 1. The summed E-state index contributed by atoms with van der Waals surface area (Å²) in [5, 5.41) is 3.68. The fraction of sp³-hybridized carbons (Fsp3) is 0.600. The molecule has 0 aliphatic carbocycles. The van der Waals surface area contributed by atoms with Crippen molar-refractivity contribution < 1.29 is 4.74 Å². The van der Waals surface area contributed by atoms with Gasteiger partial charge in [0.25, 0.3) is 0 Å². The van der Waals surface area contributed by atoms with Gasteiger partial charge in [0.05, 0.1) is 11.8 Å². The van der Waals surface area contributed by atoms with Gasteiger partial charge in [0.2, 0.25) is 0 Å². The minimum Gasteiger partial charge on any atom is -0.381 e. The third-order valence-corrected chi connectivity index (χ3v) is 4.23. The summed E-state index contributed by atoms with van der Waals surface area (Å²) in [5.74, 6) is 0. The molecule has 1 aliphatic rings. The minimum absolute atomic E-state index is 0.417. The lowest BCUT2D eigenvalue weighted by Gasteiger charge is -2.31. The number of halogens is 1. The Labute approximate surface area is 118 Å². The Morgan fingerprint density at radius 2 is 2.17 bits per heavy atom. The topological polar surface area (TPSA) is 21.3 Å². The molecule has 1 fully saturated rings. The van der Waals surface area contributed by atoms with Crippen LogP contribution in [0.4, 0.5) is 5.69 Å². The maximum atomic E-state index is 5.72. The zero-order valence-electron chi connectivity index (χ0n) is 11.4. The van der Waals surface area contributed by atoms with Crippen molar-refractivity contribution in [3.8, 4) is 0 Å². The molecule has 18 heavy (non-hydrogen) atoms. The number of rotatable bonds is 3. The van der Waals surface area contributed by atoms with E-state index >= 15 is 0 Å². The smallest absolute Gasteiger partial charge is 0.0592 e. The van der Waals surface area contributed by atoms with Crippen molar-refractivity contribution in [2.75, 3.05) is 11.9 Å². The maximum Gasteiger partial charge on any atom is 0.0592 e. The molecule has 3 heteroatoms. The third-order valence-electron chi connectivity index (χ3n) is 3.60. The monoisotopic (exact) mass is 311 g/mol. The van der Waals surface area contributed by atoms with Crippen molar-refractivity contribution in [3.05, 3.63) is 27.7 Å². The van der Waals surface area contributed by atoms with Gasteiger partial charge in [0, 0.05) is 17.1 Å². The number of hydrogen-bond acceptors (Lipinski definition) is 2. The predicted octanol–water partition coefficient (Wildman–Crippen LogP) is 4.44. The summed E-state index contributed by atoms with van der Waals surface area (Å²) >= 11 is 3.66. The first kappa shape index (κ1) is 13.9. The molecule has 1 heterocycles. The van der Waals surface area contributed by atoms with E-state index < -0.39 is 0 Å². The van der Waals surface area contributed by atoms with Crippen LogP contribution >= 0.6 is 15.9 Å². The van der Waals surface area contributed by atoms with E-state index in [1.807, 2.05) is 0 Å². The average molecular weight is 312 g/mol. The van der Waals surface area contributed by atoms with Crippen LogP contribution in [0.5, 0.6) is 0 Å². The Hall–Kier alpha value is -0.540. The highest BCUT2D eigenvalue weighted by molar-refractivity contribution is 9.10. The molecule has 0 radical (unpaired) electrons. The van der Waals surface area contributed by atoms with Crippen molar-refractivity contribution in [2.24, 2.45) is 0 Å². The molecule has 0 amide bonds. The van der Waals surface area contributed by atoms with Crippen LogP contribution in [0.2, 0.25) is 0 Å². The summed E-state index contributed by atoms with van der Waals surface area (Å²) in [6.45, 7) is 7.36. The largest absolute Gasteiger partial charge is 0.381 e. The highest BCUT2D eigenvalue weighted by atomic mass is 79.9. The average Bonchev–Trinajstić information content (AvgIpc) is 2.34. The van der Waals surface area contributed by atoms with E-state index in [-0.39, 0.29) is 0 Å². The maximum absolute atomic E-state index is 5.72. The minimum atomic E-state index is 0.417. The van der Waals surface area contributed by atoms with Gasteiger partial charge in [-0.3, -0.25) is 0 Å². The normalized spacial score (nSPS) is 24.0. The molecular weight excluding hydrogens is 290 g/mol. The molecule has 2 rings (SSSR count). The summed E-state index contributed by atoms with van der Waals surface area (Å²) in [5.41, 5.74) is 3.84. The highest BCUT2D eigenvalue weighted by Gasteiger charge is 2.22. The zero-order chi connectivity index (χ0) is 13.1. The van der Waals surface area contributed by atoms with Crippen LogP contribution < -0.4 is 5.32 Å². The fourth-order valence-electron chi connectivity index (χ4n) is 2.60. The molecule has 100 valence electrons. The van der Waals surface area contributed by atoms with Crippen LogP contribution in [0.25, 0.3) is 0 Å². The fourth-order valence-corrected chi connectivity index (χ4v) is 3.39. The molecule has 0 bridgehead atoms. The van der Waals surface area contributed by atoms with Gasteiger partial charge in [-0.05, 0) is 66.2 Å². The summed E-state index contributed by atoms with van der Waals surface area (Å²) in [6, 6.07) is 4.93. The standard InChI is InChI=1S/C15H22BrNO/c1-4-13-9-12(5-6-18-13)17-15-11(3)7-10(2)8-14(15)16/h7-8,12-13,17H,4-6,9H2,1-3H3. The number of benzene rings is 1. The first-order valence-electron chi connectivity index (χ1n) is 6.75. The molecule has 0 aromatic heterocycles. The molecule has 2 atom stereocenters. The van der Waals surface area contributed by atoms with Gasteiger partial charge < -0.3 is 10.1 Å². The molecule has 1 aromatic rings. The lowest BCUT2D eigenvalue weighted by atomic mass is 10.0. The Bertz CT molecular complexity index is 396. The van der Waals surface area contributed by atoms with Gasteiger partial charge in [0.15, 0.2) is 0 Å². The lowest BCUT2D eigenvalue weighted by Crippen LogP contribution is -2.34. The molecule has 2 nitrogen and oxygen atoms in total. The first-order valence-corrected chi connectivity index (χ1v) is 7.54. The quantitative estimate of drug-likeness (QED) is 0.891. The van der Waals surface area contributed by atoms with Gasteiger partial charge >= 0.3 is 0 Å². The van der Waals surface area contributed by atoms with Crippen LogP contribution in [0.1, 0.15) is 37.3 Å². The molecular formula is C15H22BrNO. The SMILES string of the molecule is CCC1CC(Nc2c(C)cc(C)cc2Br)CCO1. The van der Waals surface area contributed by atoms with Crippen LogP contribution in [-0.2, 0) is 4.74 Å². The van der Waals surface area contributed by atoms with E-state index in [1.165, 1.54) is 21.3 Å². The molecule has 1 saturated heterocycles. The number of nitrogens with one attached hydrogen (secondary N) is 1. The molecule has 1 aromatic carbocycles. The van der Waals surface area contributed by atoms with Crippen LogP contribution in [0, 0.1) is 13.8 Å². The summed E-state index contributed by atoms with van der Waals surface area (Å²) in [7, 11) is 0. The second-order valence-corrected chi connectivity index (χ2v) is 6.06. The van der Waals surface area contributed by atoms with E-state index in [4.69, 9.17) is 4.74 Å². The van der Waals surface area contributed by atoms with Crippen LogP contribution in [0.3, 0.4) is 0 Å². The van der Waals surface area contributed by atoms with E-state index in [1.54, 1.807) is 0 Å². The van der Waals surface area contributed by atoms with Gasteiger partial charge in [-0.15, -0.1) is 0 Å². The summed E-state index contributed by atoms with van der Waals surface area (Å²) in [6.07, 6.45) is 3.72. The second kappa shape index (κ2) is 6.07. The lowest BCUT2D eigenvalue weighted by molar-refractivity contribution is 0.00924. The molecule has 1 N–H and O–H groups in total. The Kier molecular flexibility index (Phi) is 4.68. The van der Waals surface area contributed by atoms with Crippen LogP contribution in [-0.4, -0.2) is 18.8 Å². The Morgan fingerprint density at radius 1 is 1.39 bits per heavy atom. The van der Waals surface area contributed by atoms with Crippen molar-refractivity contribution in [1.82, 2.24) is 0 Å². The molecule has 1 aliphatic heterocycles. The third kappa shape index (κ3) is 3.27. The predicted molar refractivity (Wildman–Crippen MR) is 80.3 cm³/mol. The Balaban J connectivity index is 2.09. The van der Waals surface area contributed by atoms with Crippen molar-refractivity contribution in [3.63, 3.8) is 0 Å². The number of anilines is 1. The van der Waals surface area contributed by atoms with Gasteiger partial charge in [-0.2, -0.15) is 0 Å². The van der Waals surface area contributed by atoms with E-state index in [2.05, 4.69) is 54.2 Å². The van der Waals surface area contributed by atoms with Gasteiger partial charge in [0.1, 0.15) is 0 Å². The van der Waals surface area contributed by atoms with E-state index in [0.717, 1.165) is 25.9 Å². The molecule has 0 saturated carbocycles. The van der Waals surface area contributed by atoms with E-state index in [0.29, 0.717) is 12.1 Å². The van der Waals surface area contributed by atoms with Crippen molar-refractivity contribution in [1.29, 1.82) is 0 Å². The number of aryl methyl sites for hydroxylation is 2. The zero-order valence-corrected chi connectivity index (χ0v) is 13.0. The number of ether oxygens (including phenoxy) is 1.